The van der Waals surface area contributed by atoms with Crippen molar-refractivity contribution in [2.45, 2.75) is 88.3 Å². The number of hydrogen-bond acceptors (Lipinski definition) is 4. The van der Waals surface area contributed by atoms with Crippen LogP contribution in [0.5, 0.6) is 0 Å². The van der Waals surface area contributed by atoms with E-state index in [9.17, 15) is 4.79 Å². The number of likely N-dealkylation sites (tertiary alicyclic amines) is 1. The first-order valence-electron chi connectivity index (χ1n) is 11.7. The van der Waals surface area contributed by atoms with Gasteiger partial charge in [0, 0.05) is 0 Å². The topological polar surface area (TPSA) is 48.0 Å². The number of amides is 1. The van der Waals surface area contributed by atoms with Crippen molar-refractivity contribution < 1.29 is 18.7 Å². The molecule has 0 N–H and O–H groups in total. The first-order valence-corrected chi connectivity index (χ1v) is 16.7. The minimum atomic E-state index is -2.00. The number of benzene rings is 1. The Hall–Kier alpha value is -1.11. The Bertz CT molecular complexity index is 774. The maximum absolute atomic E-state index is 13.1. The number of rotatable bonds is 9. The van der Waals surface area contributed by atoms with Gasteiger partial charge in [-0.05, 0) is 0 Å². The van der Waals surface area contributed by atoms with Crippen LogP contribution in [-0.4, -0.2) is 65.7 Å². The molecule has 0 saturated carbocycles. The summed E-state index contributed by atoms with van der Waals surface area (Å²) >= 11 is 0.262. The number of hydrogen-bond donors (Lipinski definition) is 0. The summed E-state index contributed by atoms with van der Waals surface area (Å²) in [6, 6.07) is 10.6. The van der Waals surface area contributed by atoms with Crippen LogP contribution in [-0.2, 0) is 18.7 Å². The Kier molecular flexibility index (Phi) is 8.67. The summed E-state index contributed by atoms with van der Waals surface area (Å²) in [5.74, 6) is 0.743. The van der Waals surface area contributed by atoms with E-state index in [-0.39, 0.29) is 44.3 Å². The SMILES string of the molecule is C=C(CN1C(=O)C[C@H](O[Si](C)(C)C(C)(C)C)[C@@H]1C[Se]c1ccccc1)OC1CCCCO1. The standard InChI is InChI=1S/C25H39NO4SeSi/c1-19(29-24-14-10-11-15-28-24)17-26-21(18-31-20-12-8-7-9-13-20)22(16-23(26)27)30-32(5,6)25(2,3)4/h7-9,12-13,21-22,24H,1,10-11,14-18H2,2-6H3/t21-,22-,24?/m0/s1. The van der Waals surface area contributed by atoms with Gasteiger partial charge in [-0.3, -0.25) is 0 Å². The molecule has 0 radical (unpaired) electrons. The summed E-state index contributed by atoms with van der Waals surface area (Å²) < 4.78 is 19.8. The summed E-state index contributed by atoms with van der Waals surface area (Å²) in [5, 5.41) is 1.03. The fourth-order valence-electron chi connectivity index (χ4n) is 3.80. The van der Waals surface area contributed by atoms with Crippen molar-refractivity contribution in [1.82, 2.24) is 4.90 Å². The van der Waals surface area contributed by atoms with E-state index in [2.05, 4.69) is 64.7 Å². The van der Waals surface area contributed by atoms with Gasteiger partial charge in [0.15, 0.2) is 0 Å². The van der Waals surface area contributed by atoms with Crippen LogP contribution < -0.4 is 4.46 Å². The zero-order valence-corrected chi connectivity index (χ0v) is 23.0. The third kappa shape index (κ3) is 6.70. The van der Waals surface area contributed by atoms with E-state index in [0.29, 0.717) is 18.7 Å². The number of carbonyl (C=O) groups excluding carboxylic acids is 1. The molecule has 2 heterocycles. The molecule has 1 amide bonds. The van der Waals surface area contributed by atoms with Crippen LogP contribution in [0.4, 0.5) is 0 Å². The normalized spacial score (nSPS) is 24.6. The summed E-state index contributed by atoms with van der Waals surface area (Å²) in [4.78, 5) is 15.1. The predicted molar refractivity (Wildman–Crippen MR) is 133 cm³/mol. The van der Waals surface area contributed by atoms with Gasteiger partial charge in [-0.2, -0.15) is 0 Å². The van der Waals surface area contributed by atoms with Crippen LogP contribution >= 0.6 is 0 Å². The zero-order chi connectivity index (χ0) is 23.4. The fourth-order valence-corrected chi connectivity index (χ4v) is 7.48. The second-order valence-corrected chi connectivity index (χ2v) is 17.3. The Labute approximate surface area is 201 Å². The average Bonchev–Trinajstić information content (AvgIpc) is 3.00. The third-order valence-electron chi connectivity index (χ3n) is 6.72. The molecular formula is C25H39NO4SeSi. The third-order valence-corrected chi connectivity index (χ3v) is 13.6. The van der Waals surface area contributed by atoms with Gasteiger partial charge in [-0.1, -0.05) is 0 Å². The van der Waals surface area contributed by atoms with Gasteiger partial charge in [0.05, 0.1) is 0 Å². The van der Waals surface area contributed by atoms with Crippen molar-refractivity contribution >= 4 is 33.6 Å². The number of carbonyl (C=O) groups is 1. The van der Waals surface area contributed by atoms with E-state index in [1.807, 2.05) is 11.0 Å². The quantitative estimate of drug-likeness (QED) is 0.353. The monoisotopic (exact) mass is 525 g/mol. The van der Waals surface area contributed by atoms with E-state index in [4.69, 9.17) is 13.9 Å². The second kappa shape index (κ2) is 10.9. The Morgan fingerprint density at radius 1 is 1.25 bits per heavy atom. The van der Waals surface area contributed by atoms with Gasteiger partial charge >= 0.3 is 201 Å². The molecule has 5 nitrogen and oxygen atoms in total. The van der Waals surface area contributed by atoms with E-state index in [1.54, 1.807) is 0 Å². The van der Waals surface area contributed by atoms with Crippen molar-refractivity contribution in [2.24, 2.45) is 0 Å². The molecule has 0 spiro atoms. The molecule has 0 bridgehead atoms. The Morgan fingerprint density at radius 2 is 1.97 bits per heavy atom. The maximum atomic E-state index is 13.1. The molecule has 2 fully saturated rings. The molecule has 2 saturated heterocycles. The molecule has 0 aromatic heterocycles. The summed E-state index contributed by atoms with van der Waals surface area (Å²) in [6.07, 6.45) is 3.19. The van der Waals surface area contributed by atoms with E-state index in [1.165, 1.54) is 4.46 Å². The van der Waals surface area contributed by atoms with E-state index in [0.717, 1.165) is 31.2 Å². The van der Waals surface area contributed by atoms with Crippen molar-refractivity contribution in [1.29, 1.82) is 0 Å². The first-order chi connectivity index (χ1) is 15.1. The summed E-state index contributed by atoms with van der Waals surface area (Å²) in [6.45, 7) is 16.5. The molecule has 1 aromatic carbocycles. The molecule has 32 heavy (non-hydrogen) atoms. The molecule has 1 aromatic rings. The molecule has 2 aliphatic rings. The fraction of sp³-hybridized carbons (Fsp3) is 0.640. The number of ether oxygens (including phenoxy) is 2. The van der Waals surface area contributed by atoms with Crippen molar-refractivity contribution in [3.63, 3.8) is 0 Å². The predicted octanol–water partition coefficient (Wildman–Crippen LogP) is 4.48. The van der Waals surface area contributed by atoms with Crippen molar-refractivity contribution in [3.05, 3.63) is 42.7 Å². The Balaban J connectivity index is 1.71. The van der Waals surface area contributed by atoms with Gasteiger partial charge < -0.3 is 0 Å². The number of nitrogens with zero attached hydrogens (tertiary/aromatic N) is 1. The molecule has 1 unspecified atom stereocenters. The van der Waals surface area contributed by atoms with Gasteiger partial charge in [0.1, 0.15) is 0 Å². The van der Waals surface area contributed by atoms with Gasteiger partial charge in [-0.15, -0.1) is 0 Å². The summed E-state index contributed by atoms with van der Waals surface area (Å²) in [7, 11) is -2.00. The summed E-state index contributed by atoms with van der Waals surface area (Å²) in [5.41, 5.74) is 0. The van der Waals surface area contributed by atoms with Crippen LogP contribution in [0.1, 0.15) is 46.5 Å². The van der Waals surface area contributed by atoms with E-state index < -0.39 is 8.32 Å². The molecule has 3 rings (SSSR count). The zero-order valence-electron chi connectivity index (χ0n) is 20.3. The van der Waals surface area contributed by atoms with Crippen LogP contribution in [0.2, 0.25) is 23.5 Å². The van der Waals surface area contributed by atoms with Crippen LogP contribution in [0, 0.1) is 0 Å². The molecule has 3 atom stereocenters. The Morgan fingerprint density at radius 3 is 2.59 bits per heavy atom. The molecule has 2 aliphatic heterocycles. The van der Waals surface area contributed by atoms with Crippen molar-refractivity contribution in [3.8, 4) is 0 Å². The van der Waals surface area contributed by atoms with Crippen molar-refractivity contribution in [2.75, 3.05) is 13.2 Å². The van der Waals surface area contributed by atoms with Gasteiger partial charge in [0.2, 0.25) is 0 Å². The second-order valence-electron chi connectivity index (χ2n) is 10.3. The van der Waals surface area contributed by atoms with Crippen LogP contribution in [0.3, 0.4) is 0 Å². The van der Waals surface area contributed by atoms with Crippen LogP contribution in [0.15, 0.2) is 42.7 Å². The van der Waals surface area contributed by atoms with E-state index >= 15 is 0 Å². The molecule has 178 valence electrons. The molecule has 7 heteroatoms. The van der Waals surface area contributed by atoms with Crippen LogP contribution in [0.25, 0.3) is 0 Å². The molecule has 0 aliphatic carbocycles. The molecular weight excluding hydrogens is 485 g/mol. The van der Waals surface area contributed by atoms with Gasteiger partial charge in [0.25, 0.3) is 0 Å². The first kappa shape index (κ1) is 25.5. The average molecular weight is 525 g/mol. The van der Waals surface area contributed by atoms with Gasteiger partial charge in [-0.25, -0.2) is 0 Å². The minimum absolute atomic E-state index is 0.0458.